The number of aromatic nitrogens is 1. The molecule has 0 saturated carbocycles. The third-order valence-electron chi connectivity index (χ3n) is 3.04. The van der Waals surface area contributed by atoms with E-state index >= 15 is 0 Å². The highest BCUT2D eigenvalue weighted by molar-refractivity contribution is 7.09. The SMILES string of the molecule is Cc1ccc(CNC(=O)c2csc(CN)n2)c(OC(C)(C)C)c1.Cl. The van der Waals surface area contributed by atoms with Gasteiger partial charge in [-0.2, -0.15) is 0 Å². The fourth-order valence-corrected chi connectivity index (χ4v) is 2.66. The first-order chi connectivity index (χ1) is 10.8. The van der Waals surface area contributed by atoms with E-state index in [4.69, 9.17) is 10.5 Å². The van der Waals surface area contributed by atoms with Gasteiger partial charge in [0.2, 0.25) is 0 Å². The zero-order valence-corrected chi connectivity index (χ0v) is 16.0. The first-order valence-corrected chi connectivity index (χ1v) is 8.37. The highest BCUT2D eigenvalue weighted by Crippen LogP contribution is 2.24. The van der Waals surface area contributed by atoms with E-state index < -0.39 is 0 Å². The number of carbonyl (C=O) groups excluding carboxylic acids is 1. The smallest absolute Gasteiger partial charge is 0.271 e. The van der Waals surface area contributed by atoms with Crippen LogP contribution in [0.4, 0.5) is 0 Å². The minimum absolute atomic E-state index is 0. The number of hydrogen-bond acceptors (Lipinski definition) is 5. The molecule has 0 saturated heterocycles. The largest absolute Gasteiger partial charge is 0.488 e. The van der Waals surface area contributed by atoms with E-state index in [9.17, 15) is 4.79 Å². The summed E-state index contributed by atoms with van der Waals surface area (Å²) in [5, 5.41) is 5.36. The molecule has 0 unspecified atom stereocenters. The lowest BCUT2D eigenvalue weighted by atomic mass is 10.1. The van der Waals surface area contributed by atoms with Crippen molar-refractivity contribution >= 4 is 29.7 Å². The molecule has 5 nitrogen and oxygen atoms in total. The molecule has 1 amide bonds. The van der Waals surface area contributed by atoms with E-state index in [1.165, 1.54) is 11.3 Å². The Balaban J connectivity index is 0.00000288. The molecule has 132 valence electrons. The number of carbonyl (C=O) groups is 1. The van der Waals surface area contributed by atoms with Gasteiger partial charge in [0.05, 0.1) is 0 Å². The number of halogens is 1. The predicted molar refractivity (Wildman–Crippen MR) is 100.0 cm³/mol. The zero-order chi connectivity index (χ0) is 17.0. The van der Waals surface area contributed by atoms with Crippen LogP contribution in [0.25, 0.3) is 0 Å². The summed E-state index contributed by atoms with van der Waals surface area (Å²) >= 11 is 1.39. The van der Waals surface area contributed by atoms with Crippen LogP contribution in [0.1, 0.15) is 47.4 Å². The van der Waals surface area contributed by atoms with Crippen LogP contribution in [0.3, 0.4) is 0 Å². The van der Waals surface area contributed by atoms with Crippen LogP contribution < -0.4 is 15.8 Å². The van der Waals surface area contributed by atoms with Crippen LogP contribution in [-0.2, 0) is 13.1 Å². The topological polar surface area (TPSA) is 77.2 Å². The average Bonchev–Trinajstić information content (AvgIpc) is 2.93. The number of aryl methyl sites for hydroxylation is 1. The van der Waals surface area contributed by atoms with E-state index in [0.717, 1.165) is 21.9 Å². The standard InChI is InChI=1S/C17H23N3O2S.ClH/c1-11-5-6-12(14(7-11)22-17(2,3)4)9-19-16(21)13-10-23-15(8-18)20-13;/h5-7,10H,8-9,18H2,1-4H3,(H,19,21);1H. The Morgan fingerprint density at radius 2 is 2.08 bits per heavy atom. The third kappa shape index (κ3) is 5.78. The molecule has 0 spiro atoms. The molecule has 0 radical (unpaired) electrons. The maximum atomic E-state index is 12.2. The van der Waals surface area contributed by atoms with Gasteiger partial charge >= 0.3 is 0 Å². The number of nitrogens with one attached hydrogen (secondary N) is 1. The van der Waals surface area contributed by atoms with Gasteiger partial charge in [0.15, 0.2) is 0 Å². The van der Waals surface area contributed by atoms with Crippen LogP contribution in [0.5, 0.6) is 5.75 Å². The highest BCUT2D eigenvalue weighted by atomic mass is 35.5. The number of nitrogens with two attached hydrogens (primary N) is 1. The van der Waals surface area contributed by atoms with Crippen molar-refractivity contribution in [2.45, 2.75) is 46.4 Å². The Labute approximate surface area is 153 Å². The van der Waals surface area contributed by atoms with Gasteiger partial charge in [0, 0.05) is 24.0 Å². The summed E-state index contributed by atoms with van der Waals surface area (Å²) in [5.41, 5.74) is 7.69. The van der Waals surface area contributed by atoms with E-state index in [1.54, 1.807) is 5.38 Å². The highest BCUT2D eigenvalue weighted by Gasteiger charge is 2.16. The molecule has 7 heteroatoms. The predicted octanol–water partition coefficient (Wildman–Crippen LogP) is 3.44. The van der Waals surface area contributed by atoms with Crippen molar-refractivity contribution in [2.75, 3.05) is 0 Å². The fraction of sp³-hybridized carbons (Fsp3) is 0.412. The molecule has 2 aromatic rings. The lowest BCUT2D eigenvalue weighted by Gasteiger charge is -2.23. The van der Waals surface area contributed by atoms with E-state index in [2.05, 4.69) is 10.3 Å². The maximum absolute atomic E-state index is 12.2. The number of amides is 1. The van der Waals surface area contributed by atoms with Crippen molar-refractivity contribution in [2.24, 2.45) is 5.73 Å². The van der Waals surface area contributed by atoms with Crippen molar-refractivity contribution in [1.82, 2.24) is 10.3 Å². The molecule has 0 atom stereocenters. The molecule has 1 aromatic heterocycles. The quantitative estimate of drug-likeness (QED) is 0.846. The fourth-order valence-electron chi connectivity index (χ4n) is 2.01. The molecule has 0 aliphatic carbocycles. The minimum atomic E-state index is -0.294. The van der Waals surface area contributed by atoms with Crippen LogP contribution >= 0.6 is 23.7 Å². The second-order valence-electron chi connectivity index (χ2n) is 6.34. The van der Waals surface area contributed by atoms with E-state index in [0.29, 0.717) is 18.8 Å². The monoisotopic (exact) mass is 369 g/mol. The van der Waals surface area contributed by atoms with Gasteiger partial charge in [0.25, 0.3) is 5.91 Å². The molecule has 0 bridgehead atoms. The summed E-state index contributed by atoms with van der Waals surface area (Å²) in [6.07, 6.45) is 0. The minimum Gasteiger partial charge on any atom is -0.488 e. The number of hydrogen-bond donors (Lipinski definition) is 2. The van der Waals surface area contributed by atoms with Crippen molar-refractivity contribution in [1.29, 1.82) is 0 Å². The Morgan fingerprint density at radius 3 is 2.67 bits per heavy atom. The molecule has 0 fully saturated rings. The second-order valence-corrected chi connectivity index (χ2v) is 7.28. The Morgan fingerprint density at radius 1 is 1.38 bits per heavy atom. The lowest BCUT2D eigenvalue weighted by Crippen LogP contribution is -2.26. The summed E-state index contributed by atoms with van der Waals surface area (Å²) in [6, 6.07) is 5.97. The Hall–Kier alpha value is -1.63. The third-order valence-corrected chi connectivity index (χ3v) is 3.91. The molecular weight excluding hydrogens is 346 g/mol. The summed E-state index contributed by atoms with van der Waals surface area (Å²) in [5.74, 6) is 0.585. The van der Waals surface area contributed by atoms with Crippen LogP contribution in [0.15, 0.2) is 23.6 Å². The second kappa shape index (κ2) is 8.46. The molecule has 3 N–H and O–H groups in total. The van der Waals surface area contributed by atoms with Crippen molar-refractivity contribution in [3.63, 3.8) is 0 Å². The van der Waals surface area contributed by atoms with Gasteiger partial charge in [-0.3, -0.25) is 4.79 Å². The van der Waals surface area contributed by atoms with Gasteiger partial charge in [-0.25, -0.2) is 4.98 Å². The van der Waals surface area contributed by atoms with Crippen LogP contribution in [0, 0.1) is 6.92 Å². The normalized spacial score (nSPS) is 10.9. The molecule has 2 rings (SSSR count). The van der Waals surface area contributed by atoms with Gasteiger partial charge < -0.3 is 15.8 Å². The lowest BCUT2D eigenvalue weighted by molar-refractivity contribution is 0.0945. The summed E-state index contributed by atoms with van der Waals surface area (Å²) < 4.78 is 5.99. The number of rotatable bonds is 5. The molecular formula is C17H24ClN3O2S. The first kappa shape index (κ1) is 20.4. The van der Waals surface area contributed by atoms with E-state index in [-0.39, 0.29) is 23.9 Å². The zero-order valence-electron chi connectivity index (χ0n) is 14.4. The van der Waals surface area contributed by atoms with Crippen molar-refractivity contribution in [3.05, 3.63) is 45.4 Å². The molecule has 1 aromatic carbocycles. The molecule has 24 heavy (non-hydrogen) atoms. The Bertz CT molecular complexity index is 695. The number of nitrogens with zero attached hydrogens (tertiary/aromatic N) is 1. The molecule has 0 aliphatic rings. The summed E-state index contributed by atoms with van der Waals surface area (Å²) in [6.45, 7) is 8.75. The average molecular weight is 370 g/mol. The van der Waals surface area contributed by atoms with Crippen LogP contribution in [0.2, 0.25) is 0 Å². The number of benzene rings is 1. The molecule has 0 aliphatic heterocycles. The van der Waals surface area contributed by atoms with Crippen LogP contribution in [-0.4, -0.2) is 16.5 Å². The number of thiazole rings is 1. The number of ether oxygens (including phenoxy) is 1. The van der Waals surface area contributed by atoms with E-state index in [1.807, 2.05) is 45.9 Å². The van der Waals surface area contributed by atoms with Gasteiger partial charge in [-0.1, -0.05) is 12.1 Å². The molecule has 1 heterocycles. The maximum Gasteiger partial charge on any atom is 0.271 e. The first-order valence-electron chi connectivity index (χ1n) is 7.50. The summed E-state index contributed by atoms with van der Waals surface area (Å²) in [4.78, 5) is 16.3. The van der Waals surface area contributed by atoms with Gasteiger partial charge in [0.1, 0.15) is 22.1 Å². The Kier molecular flexibility index (Phi) is 7.20. The van der Waals surface area contributed by atoms with Crippen molar-refractivity contribution < 1.29 is 9.53 Å². The summed E-state index contributed by atoms with van der Waals surface area (Å²) in [7, 11) is 0. The van der Waals surface area contributed by atoms with Gasteiger partial charge in [-0.05, 0) is 39.3 Å². The van der Waals surface area contributed by atoms with Gasteiger partial charge in [-0.15, -0.1) is 23.7 Å². The van der Waals surface area contributed by atoms with Crippen molar-refractivity contribution in [3.8, 4) is 5.75 Å².